The highest BCUT2D eigenvalue weighted by Gasteiger charge is 2.62. The molecule has 1 aromatic carbocycles. The molecule has 120 valence electrons. The highest BCUT2D eigenvalue weighted by atomic mass is 19.4. The number of aliphatic hydroxyl groups is 1. The van der Waals surface area contributed by atoms with Crippen molar-refractivity contribution in [2.45, 2.75) is 44.5 Å². The number of hydrogen-bond donors (Lipinski definition) is 1. The molecule has 2 rings (SSSR count). The van der Waals surface area contributed by atoms with E-state index in [1.54, 1.807) is 0 Å². The van der Waals surface area contributed by atoms with Gasteiger partial charge in [0.25, 0.3) is 5.72 Å². The zero-order chi connectivity index (χ0) is 16.4. The topological polar surface area (TPSA) is 52.9 Å². The molecule has 0 radical (unpaired) electrons. The smallest absolute Gasteiger partial charge is 0.362 e. The van der Waals surface area contributed by atoms with Crippen LogP contribution in [0.15, 0.2) is 35.4 Å². The molecule has 0 aromatic heterocycles. The minimum absolute atomic E-state index is 0.0798. The number of benzene rings is 1. The molecular formula is C15H17F3N2O2. The number of hydrogen-bond acceptors (Lipinski definition) is 3. The summed E-state index contributed by atoms with van der Waals surface area (Å²) in [6.07, 6.45) is -4.79. The second-order valence-electron chi connectivity index (χ2n) is 5.37. The summed E-state index contributed by atoms with van der Waals surface area (Å²) in [5.41, 5.74) is -2.14. The van der Waals surface area contributed by atoms with Crippen molar-refractivity contribution in [2.24, 2.45) is 5.10 Å². The number of halogens is 3. The van der Waals surface area contributed by atoms with E-state index in [0.29, 0.717) is 12.8 Å². The van der Waals surface area contributed by atoms with E-state index in [2.05, 4.69) is 5.10 Å². The van der Waals surface area contributed by atoms with E-state index in [1.807, 2.05) is 30.3 Å². The molecule has 1 unspecified atom stereocenters. The lowest BCUT2D eigenvalue weighted by Crippen LogP contribution is -2.56. The van der Waals surface area contributed by atoms with E-state index >= 15 is 0 Å². The maximum atomic E-state index is 13.0. The van der Waals surface area contributed by atoms with Crippen molar-refractivity contribution < 1.29 is 23.1 Å². The van der Waals surface area contributed by atoms with E-state index in [-0.39, 0.29) is 17.1 Å². The predicted octanol–water partition coefficient (Wildman–Crippen LogP) is 2.87. The van der Waals surface area contributed by atoms with E-state index in [4.69, 9.17) is 0 Å². The molecule has 1 aliphatic heterocycles. The van der Waals surface area contributed by atoms with E-state index in [1.165, 1.54) is 6.92 Å². The highest BCUT2D eigenvalue weighted by Crippen LogP contribution is 2.40. The Balaban J connectivity index is 1.99. The van der Waals surface area contributed by atoms with Gasteiger partial charge in [0, 0.05) is 18.6 Å². The van der Waals surface area contributed by atoms with E-state index in [0.717, 1.165) is 5.56 Å². The van der Waals surface area contributed by atoms with Crippen molar-refractivity contribution in [3.63, 3.8) is 0 Å². The average Bonchev–Trinajstić information content (AvgIpc) is 2.76. The number of aryl methyl sites for hydroxylation is 1. The number of carbonyl (C=O) groups is 1. The van der Waals surface area contributed by atoms with Gasteiger partial charge in [-0.25, -0.2) is 0 Å². The van der Waals surface area contributed by atoms with E-state index < -0.39 is 24.2 Å². The molecule has 0 bridgehead atoms. The second-order valence-corrected chi connectivity index (χ2v) is 5.37. The third kappa shape index (κ3) is 3.30. The zero-order valence-corrected chi connectivity index (χ0v) is 12.1. The maximum Gasteiger partial charge on any atom is 0.438 e. The molecule has 7 heteroatoms. The number of alkyl halides is 3. The summed E-state index contributed by atoms with van der Waals surface area (Å²) in [4.78, 5) is 12.0. The van der Waals surface area contributed by atoms with Gasteiger partial charge in [0.05, 0.1) is 0 Å². The molecule has 1 N–H and O–H groups in total. The largest absolute Gasteiger partial charge is 0.438 e. The van der Waals surface area contributed by atoms with Crippen molar-refractivity contribution >= 4 is 11.6 Å². The molecule has 1 heterocycles. The molecule has 0 fully saturated rings. The molecule has 0 aliphatic carbocycles. The second kappa shape index (κ2) is 6.08. The summed E-state index contributed by atoms with van der Waals surface area (Å²) in [6, 6.07) is 9.34. The quantitative estimate of drug-likeness (QED) is 0.929. The molecule has 0 saturated carbocycles. The van der Waals surface area contributed by atoms with Crippen LogP contribution < -0.4 is 0 Å². The molecule has 0 spiro atoms. The minimum Gasteiger partial charge on any atom is -0.362 e. The standard InChI is InChI=1S/C15H17F3N2O2/c1-11-10-14(22,15(16,17)18)20(19-11)13(21)9-5-8-12-6-3-2-4-7-12/h2-4,6-7,22H,5,8-10H2,1H3. The average molecular weight is 314 g/mol. The van der Waals surface area contributed by atoms with Gasteiger partial charge >= 0.3 is 6.18 Å². The van der Waals surface area contributed by atoms with Gasteiger partial charge in [-0.3, -0.25) is 4.79 Å². The first-order chi connectivity index (χ1) is 10.2. The number of rotatable bonds is 4. The van der Waals surface area contributed by atoms with Crippen LogP contribution in [-0.2, 0) is 11.2 Å². The monoisotopic (exact) mass is 314 g/mol. The number of amides is 1. The first-order valence-electron chi connectivity index (χ1n) is 6.94. The first-order valence-corrected chi connectivity index (χ1v) is 6.94. The zero-order valence-electron chi connectivity index (χ0n) is 12.1. The molecule has 4 nitrogen and oxygen atoms in total. The fourth-order valence-electron chi connectivity index (χ4n) is 2.40. The number of carbonyl (C=O) groups excluding carboxylic acids is 1. The summed E-state index contributed by atoms with van der Waals surface area (Å²) in [6.45, 7) is 1.36. The summed E-state index contributed by atoms with van der Waals surface area (Å²) >= 11 is 0. The third-order valence-electron chi connectivity index (χ3n) is 3.51. The molecule has 1 amide bonds. The molecule has 0 saturated heterocycles. The Morgan fingerprint density at radius 1 is 1.36 bits per heavy atom. The Kier molecular flexibility index (Phi) is 4.55. The lowest BCUT2D eigenvalue weighted by Gasteiger charge is -2.32. The van der Waals surface area contributed by atoms with Gasteiger partial charge in [-0.05, 0) is 25.3 Å². The van der Waals surface area contributed by atoms with Gasteiger partial charge < -0.3 is 5.11 Å². The Bertz CT molecular complexity index is 572. The van der Waals surface area contributed by atoms with Crippen LogP contribution in [0.25, 0.3) is 0 Å². The van der Waals surface area contributed by atoms with Crippen molar-refractivity contribution in [1.82, 2.24) is 5.01 Å². The van der Waals surface area contributed by atoms with Crippen molar-refractivity contribution in [3.8, 4) is 0 Å². The summed E-state index contributed by atoms with van der Waals surface area (Å²) < 4.78 is 39.0. The molecule has 1 aliphatic rings. The minimum atomic E-state index is -4.94. The van der Waals surface area contributed by atoms with E-state index in [9.17, 15) is 23.1 Å². The lowest BCUT2D eigenvalue weighted by molar-refractivity contribution is -0.302. The van der Waals surface area contributed by atoms with Crippen LogP contribution in [0.3, 0.4) is 0 Å². The van der Waals surface area contributed by atoms with Crippen molar-refractivity contribution in [2.75, 3.05) is 0 Å². The number of hydrazone groups is 1. The SMILES string of the molecule is CC1=NN(C(=O)CCCc2ccccc2)C(O)(C(F)(F)F)C1. The molecule has 22 heavy (non-hydrogen) atoms. The maximum absolute atomic E-state index is 13.0. The first kappa shape index (κ1) is 16.5. The summed E-state index contributed by atoms with van der Waals surface area (Å²) in [5, 5.41) is 13.6. The van der Waals surface area contributed by atoms with Crippen LogP contribution in [0.5, 0.6) is 0 Å². The molecule has 1 atom stereocenters. The Morgan fingerprint density at radius 3 is 2.59 bits per heavy atom. The van der Waals surface area contributed by atoms with Crippen molar-refractivity contribution in [3.05, 3.63) is 35.9 Å². The summed E-state index contributed by atoms with van der Waals surface area (Å²) in [5.74, 6) is -0.826. The van der Waals surface area contributed by atoms with Gasteiger partial charge in [0.15, 0.2) is 0 Å². The fraction of sp³-hybridized carbons (Fsp3) is 0.467. The number of nitrogens with zero attached hydrogens (tertiary/aromatic N) is 2. The molecular weight excluding hydrogens is 297 g/mol. The van der Waals surface area contributed by atoms with Gasteiger partial charge in [0.2, 0.25) is 5.91 Å². The van der Waals surface area contributed by atoms with Crippen LogP contribution in [-0.4, -0.2) is 33.6 Å². The Labute approximate surface area is 126 Å². The van der Waals surface area contributed by atoms with Crippen LogP contribution in [0.2, 0.25) is 0 Å². The van der Waals surface area contributed by atoms with Gasteiger partial charge in [0.1, 0.15) is 0 Å². The van der Waals surface area contributed by atoms with Gasteiger partial charge in [-0.15, -0.1) is 0 Å². The Morgan fingerprint density at radius 2 is 2.00 bits per heavy atom. The lowest BCUT2D eigenvalue weighted by atomic mass is 10.1. The van der Waals surface area contributed by atoms with Crippen LogP contribution in [0.4, 0.5) is 13.2 Å². The van der Waals surface area contributed by atoms with Crippen molar-refractivity contribution in [1.29, 1.82) is 0 Å². The highest BCUT2D eigenvalue weighted by molar-refractivity contribution is 5.89. The predicted molar refractivity (Wildman–Crippen MR) is 75.0 cm³/mol. The van der Waals surface area contributed by atoms with Gasteiger partial charge in [-0.1, -0.05) is 30.3 Å². The normalized spacial score (nSPS) is 21.9. The Hall–Kier alpha value is -1.89. The third-order valence-corrected chi connectivity index (χ3v) is 3.51. The molecule has 1 aromatic rings. The van der Waals surface area contributed by atoms with Crippen LogP contribution in [0, 0.1) is 0 Å². The van der Waals surface area contributed by atoms with Gasteiger partial charge in [-0.2, -0.15) is 23.3 Å². The fourth-order valence-corrected chi connectivity index (χ4v) is 2.40. The van der Waals surface area contributed by atoms with Crippen LogP contribution >= 0.6 is 0 Å². The summed E-state index contributed by atoms with van der Waals surface area (Å²) in [7, 11) is 0. The van der Waals surface area contributed by atoms with Crippen LogP contribution in [0.1, 0.15) is 31.7 Å².